The molecule has 2 rings (SSSR count). The van der Waals surface area contributed by atoms with Gasteiger partial charge in [-0.1, -0.05) is 6.92 Å². The van der Waals surface area contributed by atoms with E-state index in [1.807, 2.05) is 18.8 Å². The number of ether oxygens (including phenoxy) is 1. The van der Waals surface area contributed by atoms with Crippen LogP contribution < -0.4 is 16.0 Å². The minimum Gasteiger partial charge on any atom is -0.381 e. The van der Waals surface area contributed by atoms with Gasteiger partial charge in [0.1, 0.15) is 0 Å². The normalized spacial score (nSPS) is 21.7. The molecule has 156 valence electrons. The highest BCUT2D eigenvalue weighted by atomic mass is 32.2. The largest absolute Gasteiger partial charge is 0.381 e. The number of guanidine groups is 1. The number of carbonyl (C=O) groups excluding carboxylic acids is 1. The van der Waals surface area contributed by atoms with Crippen LogP contribution in [0.1, 0.15) is 39.0 Å². The molecule has 0 spiro atoms. The van der Waals surface area contributed by atoms with E-state index in [1.165, 1.54) is 0 Å². The molecule has 27 heavy (non-hydrogen) atoms. The van der Waals surface area contributed by atoms with Crippen LogP contribution in [0.5, 0.6) is 0 Å². The van der Waals surface area contributed by atoms with Gasteiger partial charge >= 0.3 is 0 Å². The van der Waals surface area contributed by atoms with E-state index in [-0.39, 0.29) is 10.7 Å². The third-order valence-electron chi connectivity index (χ3n) is 5.51. The highest BCUT2D eigenvalue weighted by molar-refractivity contribution is 8.00. The first-order valence-electron chi connectivity index (χ1n) is 10.2. The molecule has 1 amide bonds. The van der Waals surface area contributed by atoms with E-state index in [9.17, 15) is 4.79 Å². The number of aliphatic imine (C=N–C) groups is 1. The summed E-state index contributed by atoms with van der Waals surface area (Å²) in [7, 11) is 1.83. The fourth-order valence-corrected chi connectivity index (χ4v) is 4.38. The Morgan fingerprint density at radius 2 is 1.96 bits per heavy atom. The zero-order valence-corrected chi connectivity index (χ0v) is 18.0. The number of hydrogen-bond donors (Lipinski definition) is 3. The summed E-state index contributed by atoms with van der Waals surface area (Å²) < 4.78 is 5.76. The van der Waals surface area contributed by atoms with Gasteiger partial charge in [-0.2, -0.15) is 11.8 Å². The SMILES string of the molecule is CCCNC(=O)CN1CCC(NC(=NC)NCC2(SC)CCOCC2)CC1. The van der Waals surface area contributed by atoms with Crippen molar-refractivity contribution in [1.29, 1.82) is 0 Å². The summed E-state index contributed by atoms with van der Waals surface area (Å²) >= 11 is 1.93. The molecular formula is C19H37N5O2S. The molecular weight excluding hydrogens is 362 g/mol. The van der Waals surface area contributed by atoms with Crippen molar-refractivity contribution in [3.8, 4) is 0 Å². The third kappa shape index (κ3) is 7.50. The molecule has 0 atom stereocenters. The molecule has 2 aliphatic rings. The van der Waals surface area contributed by atoms with E-state index in [2.05, 4.69) is 39.0 Å². The minimum atomic E-state index is 0.138. The van der Waals surface area contributed by atoms with Crippen molar-refractivity contribution in [2.75, 3.05) is 59.2 Å². The summed E-state index contributed by atoms with van der Waals surface area (Å²) in [5.41, 5.74) is 0. The van der Waals surface area contributed by atoms with Crippen LogP contribution in [-0.2, 0) is 9.53 Å². The Morgan fingerprint density at radius 3 is 2.56 bits per heavy atom. The lowest BCUT2D eigenvalue weighted by Gasteiger charge is -2.37. The quantitative estimate of drug-likeness (QED) is 0.418. The van der Waals surface area contributed by atoms with Gasteiger partial charge in [0, 0.05) is 57.2 Å². The zero-order valence-electron chi connectivity index (χ0n) is 17.2. The van der Waals surface area contributed by atoms with E-state index in [4.69, 9.17) is 4.74 Å². The molecule has 0 aromatic heterocycles. The van der Waals surface area contributed by atoms with Crippen LogP contribution in [0.15, 0.2) is 4.99 Å². The molecule has 2 heterocycles. The first-order chi connectivity index (χ1) is 13.1. The van der Waals surface area contributed by atoms with E-state index in [0.29, 0.717) is 12.6 Å². The van der Waals surface area contributed by atoms with E-state index in [1.54, 1.807) is 0 Å². The molecule has 2 fully saturated rings. The average Bonchev–Trinajstić information content (AvgIpc) is 2.71. The maximum atomic E-state index is 11.9. The Morgan fingerprint density at radius 1 is 1.26 bits per heavy atom. The monoisotopic (exact) mass is 399 g/mol. The van der Waals surface area contributed by atoms with Gasteiger partial charge in [0.2, 0.25) is 5.91 Å². The standard InChI is InChI=1S/C19H37N5O2S/c1-4-9-21-17(25)14-24-10-5-16(6-11-24)23-18(20-2)22-15-19(27-3)7-12-26-13-8-19/h16H,4-15H2,1-3H3,(H,21,25)(H2,20,22,23). The number of thioether (sulfide) groups is 1. The maximum absolute atomic E-state index is 11.9. The van der Waals surface area contributed by atoms with Gasteiger partial charge in [-0.3, -0.25) is 14.7 Å². The van der Waals surface area contributed by atoms with Crippen molar-refractivity contribution in [1.82, 2.24) is 20.9 Å². The molecule has 0 bridgehead atoms. The first kappa shape index (κ1) is 22.3. The van der Waals surface area contributed by atoms with Gasteiger partial charge in [-0.05, 0) is 38.4 Å². The fraction of sp³-hybridized carbons (Fsp3) is 0.895. The number of nitrogens with one attached hydrogen (secondary N) is 3. The number of piperidine rings is 1. The molecule has 8 heteroatoms. The predicted octanol–water partition coefficient (Wildman–Crippen LogP) is 1.05. The van der Waals surface area contributed by atoms with Crippen LogP contribution in [0.25, 0.3) is 0 Å². The van der Waals surface area contributed by atoms with Crippen LogP contribution in [0.4, 0.5) is 0 Å². The summed E-state index contributed by atoms with van der Waals surface area (Å²) in [4.78, 5) is 18.5. The second-order valence-electron chi connectivity index (χ2n) is 7.47. The number of nitrogens with zero attached hydrogens (tertiary/aromatic N) is 2. The maximum Gasteiger partial charge on any atom is 0.234 e. The summed E-state index contributed by atoms with van der Waals surface area (Å²) in [5.74, 6) is 1.02. The molecule has 0 saturated carbocycles. The number of likely N-dealkylation sites (tertiary alicyclic amines) is 1. The lowest BCUT2D eigenvalue weighted by Crippen LogP contribution is -2.52. The van der Waals surface area contributed by atoms with Crippen LogP contribution in [0.3, 0.4) is 0 Å². The minimum absolute atomic E-state index is 0.138. The topological polar surface area (TPSA) is 78.0 Å². The van der Waals surface area contributed by atoms with E-state index < -0.39 is 0 Å². The Labute approximate surface area is 168 Å². The third-order valence-corrected chi connectivity index (χ3v) is 6.93. The number of rotatable bonds is 8. The molecule has 0 radical (unpaired) electrons. The van der Waals surface area contributed by atoms with Gasteiger partial charge in [-0.25, -0.2) is 0 Å². The molecule has 0 aromatic rings. The number of amides is 1. The second kappa shape index (κ2) is 11.8. The van der Waals surface area contributed by atoms with E-state index >= 15 is 0 Å². The van der Waals surface area contributed by atoms with Crippen LogP contribution in [0.2, 0.25) is 0 Å². The highest BCUT2D eigenvalue weighted by Gasteiger charge is 2.32. The van der Waals surface area contributed by atoms with Crippen molar-refractivity contribution in [2.24, 2.45) is 4.99 Å². The van der Waals surface area contributed by atoms with Crippen molar-refractivity contribution in [3.63, 3.8) is 0 Å². The second-order valence-corrected chi connectivity index (χ2v) is 8.74. The molecule has 2 aliphatic heterocycles. The van der Waals surface area contributed by atoms with Crippen LogP contribution in [-0.4, -0.2) is 86.8 Å². The van der Waals surface area contributed by atoms with Gasteiger partial charge in [-0.15, -0.1) is 0 Å². The summed E-state index contributed by atoms with van der Waals surface area (Å²) in [5, 5.41) is 10.0. The summed E-state index contributed by atoms with van der Waals surface area (Å²) in [6, 6.07) is 0.408. The van der Waals surface area contributed by atoms with Crippen LogP contribution in [0, 0.1) is 0 Å². The Balaban J connectivity index is 1.70. The number of carbonyl (C=O) groups is 1. The Bertz CT molecular complexity index is 475. The van der Waals surface area contributed by atoms with Gasteiger partial charge in [0.05, 0.1) is 6.54 Å². The molecule has 0 unspecified atom stereocenters. The van der Waals surface area contributed by atoms with Gasteiger partial charge in [0.15, 0.2) is 5.96 Å². The predicted molar refractivity (Wildman–Crippen MR) is 114 cm³/mol. The smallest absolute Gasteiger partial charge is 0.234 e. The highest BCUT2D eigenvalue weighted by Crippen LogP contribution is 2.32. The lowest BCUT2D eigenvalue weighted by molar-refractivity contribution is -0.122. The molecule has 0 aromatic carbocycles. The summed E-state index contributed by atoms with van der Waals surface area (Å²) in [6.07, 6.45) is 7.39. The van der Waals surface area contributed by atoms with Gasteiger partial charge < -0.3 is 20.7 Å². The Kier molecular flexibility index (Phi) is 9.72. The number of hydrogen-bond acceptors (Lipinski definition) is 5. The van der Waals surface area contributed by atoms with Crippen molar-refractivity contribution in [3.05, 3.63) is 0 Å². The van der Waals surface area contributed by atoms with Crippen LogP contribution >= 0.6 is 11.8 Å². The molecule has 2 saturated heterocycles. The molecule has 3 N–H and O–H groups in total. The van der Waals surface area contributed by atoms with Crippen molar-refractivity contribution >= 4 is 23.6 Å². The first-order valence-corrected chi connectivity index (χ1v) is 11.4. The van der Waals surface area contributed by atoms with Crippen molar-refractivity contribution in [2.45, 2.75) is 49.8 Å². The summed E-state index contributed by atoms with van der Waals surface area (Å²) in [6.45, 7) is 7.84. The average molecular weight is 400 g/mol. The fourth-order valence-electron chi connectivity index (χ4n) is 3.59. The zero-order chi connectivity index (χ0) is 19.5. The van der Waals surface area contributed by atoms with Gasteiger partial charge in [0.25, 0.3) is 0 Å². The molecule has 0 aliphatic carbocycles. The molecule has 7 nitrogen and oxygen atoms in total. The van der Waals surface area contributed by atoms with Crippen molar-refractivity contribution < 1.29 is 9.53 Å². The van der Waals surface area contributed by atoms with E-state index in [0.717, 1.165) is 77.5 Å². The Hall–Kier alpha value is -0.990. The lowest BCUT2D eigenvalue weighted by atomic mass is 9.99.